The van der Waals surface area contributed by atoms with E-state index < -0.39 is 11.6 Å². The number of amides is 1. The fourth-order valence-corrected chi connectivity index (χ4v) is 5.30. The van der Waals surface area contributed by atoms with Gasteiger partial charge in [-0.15, -0.1) is 12.3 Å². The molecule has 0 spiro atoms. The molecule has 0 aliphatic heterocycles. The van der Waals surface area contributed by atoms with Crippen LogP contribution in [0.5, 0.6) is 5.75 Å². The average molecular weight is 568 g/mol. The first-order valence-electron chi connectivity index (χ1n) is 12.6. The molecule has 3 aromatic rings. The smallest absolute Gasteiger partial charge is 0.407 e. The van der Waals surface area contributed by atoms with Gasteiger partial charge in [0.25, 0.3) is 0 Å². The zero-order chi connectivity index (χ0) is 27.9. The molecule has 1 amide bonds. The van der Waals surface area contributed by atoms with E-state index in [9.17, 15) is 4.79 Å². The number of ether oxygens (including phenoxy) is 4. The summed E-state index contributed by atoms with van der Waals surface area (Å²) in [6, 6.07) is 24.2. The van der Waals surface area contributed by atoms with Crippen LogP contribution in [0.15, 0.2) is 82.6 Å². The summed E-state index contributed by atoms with van der Waals surface area (Å²) in [5, 5.41) is 3.56. The van der Waals surface area contributed by atoms with Gasteiger partial charge in [0.2, 0.25) is 0 Å². The van der Waals surface area contributed by atoms with Crippen molar-refractivity contribution in [3.8, 4) is 18.1 Å². The molecule has 206 valence electrons. The van der Waals surface area contributed by atoms with Gasteiger partial charge in [0.15, 0.2) is 0 Å². The molecule has 0 aromatic heterocycles. The summed E-state index contributed by atoms with van der Waals surface area (Å²) in [6.07, 6.45) is 7.38. The van der Waals surface area contributed by atoms with E-state index in [1.165, 1.54) is 14.2 Å². The summed E-state index contributed by atoms with van der Waals surface area (Å²) in [6.45, 7) is 0.825. The lowest BCUT2D eigenvalue weighted by Crippen LogP contribution is -2.52. The molecule has 1 N–H and O–H groups in total. The van der Waals surface area contributed by atoms with Gasteiger partial charge in [-0.2, -0.15) is 0 Å². The zero-order valence-corrected chi connectivity index (χ0v) is 23.9. The number of hydrogen-bond donors (Lipinski definition) is 1. The maximum atomic E-state index is 12.0. The normalized spacial score (nSPS) is 12.3. The Morgan fingerprint density at radius 3 is 2.56 bits per heavy atom. The second-order valence-corrected chi connectivity index (χ2v) is 10.5. The number of hydrogen-bond acceptors (Lipinski definition) is 6. The molecule has 3 aromatic carbocycles. The van der Waals surface area contributed by atoms with E-state index in [0.29, 0.717) is 30.9 Å². The van der Waals surface area contributed by atoms with E-state index in [4.69, 9.17) is 37.0 Å². The van der Waals surface area contributed by atoms with Crippen molar-refractivity contribution < 1.29 is 23.7 Å². The van der Waals surface area contributed by atoms with Gasteiger partial charge >= 0.3 is 6.09 Å². The van der Waals surface area contributed by atoms with Crippen molar-refractivity contribution in [3.63, 3.8) is 0 Å². The van der Waals surface area contributed by atoms with Crippen LogP contribution in [0.2, 0.25) is 5.02 Å². The fraction of sp³-hybridized carbons (Fsp3) is 0.323. The van der Waals surface area contributed by atoms with E-state index >= 15 is 0 Å². The van der Waals surface area contributed by atoms with E-state index in [0.717, 1.165) is 33.1 Å². The minimum atomic E-state index is -0.768. The molecule has 0 saturated carbocycles. The lowest BCUT2D eigenvalue weighted by molar-refractivity contribution is -0.0538. The molecule has 8 heteroatoms. The van der Waals surface area contributed by atoms with Crippen molar-refractivity contribution >= 4 is 29.5 Å². The molecule has 1 unspecified atom stereocenters. The standard InChI is InChI=1S/C31H34ClNO5S/c1-4-17-31(22-37-23-35-2,33-30(34)36-3)18-9-12-25-15-16-28(20-29(25)32)39-27-14-8-13-26(19-27)38-21-24-10-6-5-7-11-24/h1,5-8,10-11,13-16,19-20H,9,12,17-18,21-23H2,2-3H3,(H,33,34). The number of carbonyl (C=O) groups is 1. The second-order valence-electron chi connectivity index (χ2n) is 8.99. The molecule has 6 nitrogen and oxygen atoms in total. The van der Waals surface area contributed by atoms with E-state index in [1.54, 1.807) is 11.8 Å². The Kier molecular flexibility index (Phi) is 12.5. The van der Waals surface area contributed by atoms with Crippen molar-refractivity contribution in [2.24, 2.45) is 0 Å². The Hall–Kier alpha value is -3.15. The highest BCUT2D eigenvalue weighted by Crippen LogP contribution is 2.33. The van der Waals surface area contributed by atoms with Crippen molar-refractivity contribution in [2.75, 3.05) is 27.6 Å². The van der Waals surface area contributed by atoms with Gasteiger partial charge in [-0.25, -0.2) is 4.79 Å². The summed E-state index contributed by atoms with van der Waals surface area (Å²) in [7, 11) is 2.86. The largest absolute Gasteiger partial charge is 0.489 e. The topological polar surface area (TPSA) is 66.0 Å². The molecule has 0 aliphatic carbocycles. The molecular weight excluding hydrogens is 534 g/mol. The molecule has 1 atom stereocenters. The van der Waals surface area contributed by atoms with Crippen LogP contribution < -0.4 is 10.1 Å². The Labute approximate surface area is 240 Å². The maximum Gasteiger partial charge on any atom is 0.407 e. The first-order chi connectivity index (χ1) is 19.0. The number of alkyl carbamates (subject to hydrolysis) is 1. The number of aryl methyl sites for hydroxylation is 1. The van der Waals surface area contributed by atoms with Gasteiger partial charge in [0.1, 0.15) is 19.1 Å². The highest BCUT2D eigenvalue weighted by atomic mass is 35.5. The highest BCUT2D eigenvalue weighted by molar-refractivity contribution is 7.99. The minimum Gasteiger partial charge on any atom is -0.489 e. The van der Waals surface area contributed by atoms with Gasteiger partial charge in [0.05, 0.1) is 19.3 Å². The third kappa shape index (κ3) is 10.2. The van der Waals surface area contributed by atoms with Gasteiger partial charge in [-0.05, 0) is 60.7 Å². The van der Waals surface area contributed by atoms with Gasteiger partial charge in [0, 0.05) is 28.3 Å². The highest BCUT2D eigenvalue weighted by Gasteiger charge is 2.32. The van der Waals surface area contributed by atoms with E-state index in [-0.39, 0.29) is 13.4 Å². The zero-order valence-electron chi connectivity index (χ0n) is 22.3. The number of halogens is 1. The third-order valence-electron chi connectivity index (χ3n) is 5.99. The number of terminal acetylenes is 1. The monoisotopic (exact) mass is 567 g/mol. The molecule has 0 bridgehead atoms. The Balaban J connectivity index is 1.59. The van der Waals surface area contributed by atoms with E-state index in [1.807, 2.05) is 66.7 Å². The molecule has 0 saturated heterocycles. The minimum absolute atomic E-state index is 0.0994. The molecule has 0 aliphatic rings. The lowest BCUT2D eigenvalue weighted by Gasteiger charge is -2.32. The van der Waals surface area contributed by atoms with Crippen LogP contribution in [0.25, 0.3) is 0 Å². The second kappa shape index (κ2) is 16.1. The van der Waals surface area contributed by atoms with Crippen LogP contribution in [0.4, 0.5) is 4.79 Å². The molecule has 0 heterocycles. The predicted molar refractivity (Wildman–Crippen MR) is 155 cm³/mol. The number of rotatable bonds is 15. The lowest BCUT2D eigenvalue weighted by atomic mass is 9.89. The maximum absolute atomic E-state index is 12.0. The van der Waals surface area contributed by atoms with Crippen LogP contribution in [0.3, 0.4) is 0 Å². The number of methoxy groups -OCH3 is 2. The fourth-order valence-electron chi connectivity index (χ4n) is 4.05. The summed E-state index contributed by atoms with van der Waals surface area (Å²) < 4.78 is 21.3. The predicted octanol–water partition coefficient (Wildman–Crippen LogP) is 7.13. The van der Waals surface area contributed by atoms with Crippen molar-refractivity contribution in [3.05, 3.63) is 88.9 Å². The molecule has 0 radical (unpaired) electrons. The average Bonchev–Trinajstić information content (AvgIpc) is 2.94. The number of nitrogens with one attached hydrogen (secondary N) is 1. The van der Waals surface area contributed by atoms with Gasteiger partial charge < -0.3 is 24.3 Å². The Morgan fingerprint density at radius 2 is 1.85 bits per heavy atom. The summed E-state index contributed by atoms with van der Waals surface area (Å²) in [5.41, 5.74) is 1.38. The third-order valence-corrected chi connectivity index (χ3v) is 7.32. The van der Waals surface area contributed by atoms with E-state index in [2.05, 4.69) is 17.3 Å². The van der Waals surface area contributed by atoms with Crippen LogP contribution in [-0.2, 0) is 27.2 Å². The Morgan fingerprint density at radius 1 is 1.05 bits per heavy atom. The summed E-state index contributed by atoms with van der Waals surface area (Å²) in [4.78, 5) is 14.1. The van der Waals surface area contributed by atoms with Crippen LogP contribution in [-0.4, -0.2) is 39.3 Å². The summed E-state index contributed by atoms with van der Waals surface area (Å²) in [5.74, 6) is 3.46. The van der Waals surface area contributed by atoms with Crippen molar-refractivity contribution in [1.29, 1.82) is 0 Å². The molecule has 3 rings (SSSR count). The SMILES string of the molecule is C#CCC(CCCc1ccc(Sc2cccc(OCc3ccccc3)c2)cc1Cl)(COCOC)NC(=O)OC. The molecule has 39 heavy (non-hydrogen) atoms. The Bertz CT molecular complexity index is 1230. The molecular formula is C31H34ClNO5S. The quantitative estimate of drug-likeness (QED) is 0.120. The number of carbonyl (C=O) groups excluding carboxylic acids is 1. The van der Waals surface area contributed by atoms with Gasteiger partial charge in [-0.1, -0.05) is 65.8 Å². The summed E-state index contributed by atoms with van der Waals surface area (Å²) >= 11 is 8.29. The van der Waals surface area contributed by atoms with Crippen LogP contribution >= 0.6 is 23.4 Å². The molecule has 0 fully saturated rings. The van der Waals surface area contributed by atoms with Crippen LogP contribution in [0, 0.1) is 12.3 Å². The number of benzene rings is 3. The van der Waals surface area contributed by atoms with Gasteiger partial charge in [-0.3, -0.25) is 0 Å². The first kappa shape index (κ1) is 30.4. The van der Waals surface area contributed by atoms with Crippen molar-refractivity contribution in [1.82, 2.24) is 5.32 Å². The van der Waals surface area contributed by atoms with Crippen molar-refractivity contribution in [2.45, 2.75) is 47.6 Å². The van der Waals surface area contributed by atoms with Crippen LogP contribution in [0.1, 0.15) is 30.4 Å². The first-order valence-corrected chi connectivity index (χ1v) is 13.8.